The van der Waals surface area contributed by atoms with E-state index in [4.69, 9.17) is 9.05 Å². The van der Waals surface area contributed by atoms with E-state index in [1.165, 1.54) is 6.92 Å². The molecule has 7 heteroatoms. The topological polar surface area (TPSA) is 52.6 Å². The summed E-state index contributed by atoms with van der Waals surface area (Å²) in [6, 6.07) is 0. The molecule has 0 N–H and O–H groups in total. The lowest BCUT2D eigenvalue weighted by Crippen LogP contribution is -2.10. The van der Waals surface area contributed by atoms with Gasteiger partial charge in [-0.3, -0.25) is 9.36 Å². The van der Waals surface area contributed by atoms with Gasteiger partial charge in [0.25, 0.3) is 0 Å². The maximum atomic E-state index is 12.1. The number of hydrogen-bond donors (Lipinski definition) is 0. The van der Waals surface area contributed by atoms with Gasteiger partial charge in [0.1, 0.15) is 4.57 Å². The second-order valence-electron chi connectivity index (χ2n) is 2.61. The van der Waals surface area contributed by atoms with Gasteiger partial charge >= 0.3 is 7.60 Å². The van der Waals surface area contributed by atoms with Gasteiger partial charge in [-0.15, -0.1) is 0 Å². The van der Waals surface area contributed by atoms with Crippen LogP contribution in [0.25, 0.3) is 0 Å². The Kier molecular flexibility index (Phi) is 8.19. The van der Waals surface area contributed by atoms with Crippen LogP contribution in [0.1, 0.15) is 20.8 Å². The van der Waals surface area contributed by atoms with Gasteiger partial charge in [-0.2, -0.15) is 0 Å². The first kappa shape index (κ1) is 15.7. The number of carbonyl (C=O) groups excluding carboxylic acids is 1. The number of halogens is 1. The van der Waals surface area contributed by atoms with E-state index in [2.05, 4.69) is 15.9 Å². The van der Waals surface area contributed by atoms with Crippen LogP contribution in [0.3, 0.4) is 0 Å². The van der Waals surface area contributed by atoms with Crippen molar-refractivity contribution >= 4 is 40.4 Å². The molecule has 15 heavy (non-hydrogen) atoms. The van der Waals surface area contributed by atoms with Crippen molar-refractivity contribution < 1.29 is 18.4 Å². The molecule has 0 radical (unpaired) electrons. The van der Waals surface area contributed by atoms with Crippen LogP contribution < -0.4 is 0 Å². The summed E-state index contributed by atoms with van der Waals surface area (Å²) in [5.41, 5.74) is 0. The fourth-order valence-electron chi connectivity index (χ4n) is 0.836. The molecule has 0 spiro atoms. The Balaban J connectivity index is 4.34. The van der Waals surface area contributed by atoms with Gasteiger partial charge in [0.15, 0.2) is 5.12 Å². The van der Waals surface area contributed by atoms with E-state index in [0.717, 1.165) is 11.8 Å². The van der Waals surface area contributed by atoms with E-state index in [1.807, 2.05) is 0 Å². The van der Waals surface area contributed by atoms with E-state index in [-0.39, 0.29) is 5.12 Å². The second kappa shape index (κ2) is 7.85. The summed E-state index contributed by atoms with van der Waals surface area (Å²) in [6.45, 7) is 5.62. The lowest BCUT2D eigenvalue weighted by atomic mass is 10.9. The molecule has 0 aromatic carbocycles. The van der Waals surface area contributed by atoms with Crippen LogP contribution in [0.15, 0.2) is 0 Å². The number of thioether (sulfide) groups is 1. The quantitative estimate of drug-likeness (QED) is 0.532. The van der Waals surface area contributed by atoms with E-state index in [1.54, 1.807) is 13.8 Å². The van der Waals surface area contributed by atoms with E-state index >= 15 is 0 Å². The SMILES string of the molecule is CCOP(=O)(OCC)C(Br)CSC(C)=O. The van der Waals surface area contributed by atoms with E-state index in [0.29, 0.717) is 19.0 Å². The Labute approximate surface area is 103 Å². The standard InChI is InChI=1S/C8H16BrO4PS/c1-4-12-14(11,13-5-2)8(9)6-15-7(3)10/h8H,4-6H2,1-3H3. The lowest BCUT2D eigenvalue weighted by molar-refractivity contribution is -0.109. The smallest absolute Gasteiger partial charge is 0.308 e. The normalized spacial score (nSPS) is 13.9. The van der Waals surface area contributed by atoms with Crippen molar-refractivity contribution in [2.75, 3.05) is 19.0 Å². The second-order valence-corrected chi connectivity index (χ2v) is 7.84. The van der Waals surface area contributed by atoms with Crippen LogP contribution in [0, 0.1) is 0 Å². The molecule has 0 saturated carbocycles. The molecule has 90 valence electrons. The zero-order valence-corrected chi connectivity index (χ0v) is 12.4. The Morgan fingerprint density at radius 3 is 2.20 bits per heavy atom. The van der Waals surface area contributed by atoms with Gasteiger partial charge in [0.2, 0.25) is 0 Å². The lowest BCUT2D eigenvalue weighted by Gasteiger charge is -2.21. The largest absolute Gasteiger partial charge is 0.345 e. The van der Waals surface area contributed by atoms with Gasteiger partial charge in [0.05, 0.1) is 13.2 Å². The van der Waals surface area contributed by atoms with Crippen molar-refractivity contribution in [1.82, 2.24) is 0 Å². The molecule has 0 aliphatic heterocycles. The third-order valence-corrected chi connectivity index (χ3v) is 6.90. The summed E-state index contributed by atoms with van der Waals surface area (Å²) in [5.74, 6) is 0.382. The first-order valence-electron chi connectivity index (χ1n) is 4.62. The molecule has 0 aromatic heterocycles. The number of rotatable bonds is 7. The molecule has 0 saturated heterocycles. The van der Waals surface area contributed by atoms with Crippen molar-refractivity contribution in [2.24, 2.45) is 0 Å². The van der Waals surface area contributed by atoms with E-state index in [9.17, 15) is 9.36 Å². The Hall–Kier alpha value is 0.650. The first-order chi connectivity index (χ1) is 6.96. The van der Waals surface area contributed by atoms with Crippen molar-refractivity contribution in [3.63, 3.8) is 0 Å². The zero-order chi connectivity index (χ0) is 11.9. The summed E-state index contributed by atoms with van der Waals surface area (Å²) in [7, 11) is -3.12. The highest BCUT2D eigenvalue weighted by Gasteiger charge is 2.33. The fourth-order valence-corrected chi connectivity index (χ4v) is 4.39. The van der Waals surface area contributed by atoms with Gasteiger partial charge in [-0.25, -0.2) is 0 Å². The predicted octanol–water partition coefficient (Wildman–Crippen LogP) is 3.25. The number of carbonyl (C=O) groups is 1. The van der Waals surface area contributed by atoms with Crippen molar-refractivity contribution in [1.29, 1.82) is 0 Å². The number of hydrogen-bond acceptors (Lipinski definition) is 5. The minimum absolute atomic E-state index is 0.0148. The molecular formula is C8H16BrO4PS. The van der Waals surface area contributed by atoms with Crippen LogP contribution in [0.2, 0.25) is 0 Å². The molecule has 0 amide bonds. The van der Waals surface area contributed by atoms with Crippen molar-refractivity contribution in [3.8, 4) is 0 Å². The van der Waals surface area contributed by atoms with Crippen LogP contribution in [0.5, 0.6) is 0 Å². The summed E-state index contributed by atoms with van der Waals surface area (Å²) >= 11 is 4.34. The van der Waals surface area contributed by atoms with Crippen LogP contribution in [-0.4, -0.2) is 28.7 Å². The molecule has 0 heterocycles. The third kappa shape index (κ3) is 6.07. The maximum absolute atomic E-state index is 12.1. The average molecular weight is 319 g/mol. The Morgan fingerprint density at radius 2 is 1.87 bits per heavy atom. The number of alkyl halides is 1. The highest BCUT2D eigenvalue weighted by molar-refractivity contribution is 9.10. The third-order valence-electron chi connectivity index (χ3n) is 1.39. The summed E-state index contributed by atoms with van der Waals surface area (Å²) < 4.78 is 21.9. The average Bonchev–Trinajstić information content (AvgIpc) is 2.14. The minimum Gasteiger partial charge on any atom is -0.308 e. The Bertz CT molecular complexity index is 239. The Morgan fingerprint density at radius 1 is 1.40 bits per heavy atom. The molecule has 0 bridgehead atoms. The highest BCUT2D eigenvalue weighted by Crippen LogP contribution is 2.56. The van der Waals surface area contributed by atoms with Crippen LogP contribution in [-0.2, 0) is 18.4 Å². The van der Waals surface area contributed by atoms with Gasteiger partial charge in [-0.05, 0) is 13.8 Å². The molecular weight excluding hydrogens is 303 g/mol. The maximum Gasteiger partial charge on any atom is 0.345 e. The molecule has 0 rings (SSSR count). The fraction of sp³-hybridized carbons (Fsp3) is 0.875. The summed E-state index contributed by atoms with van der Waals surface area (Å²) in [5, 5.41) is -0.0148. The van der Waals surface area contributed by atoms with E-state index < -0.39 is 12.2 Å². The zero-order valence-electron chi connectivity index (χ0n) is 9.07. The molecule has 1 unspecified atom stereocenters. The van der Waals surface area contributed by atoms with Crippen LogP contribution in [0.4, 0.5) is 0 Å². The van der Waals surface area contributed by atoms with Gasteiger partial charge in [-0.1, -0.05) is 27.7 Å². The first-order valence-corrected chi connectivity index (χ1v) is 8.13. The molecule has 0 aromatic rings. The molecule has 0 aliphatic rings. The van der Waals surface area contributed by atoms with Crippen molar-refractivity contribution in [2.45, 2.75) is 25.3 Å². The highest BCUT2D eigenvalue weighted by atomic mass is 79.9. The summed E-state index contributed by atoms with van der Waals surface area (Å²) in [6.07, 6.45) is 0. The molecule has 4 nitrogen and oxygen atoms in total. The molecule has 0 aliphatic carbocycles. The molecule has 0 fully saturated rings. The van der Waals surface area contributed by atoms with Gasteiger partial charge in [0, 0.05) is 12.7 Å². The summed E-state index contributed by atoms with van der Waals surface area (Å²) in [4.78, 5) is 10.8. The minimum atomic E-state index is -3.12. The molecule has 1 atom stereocenters. The van der Waals surface area contributed by atoms with Gasteiger partial charge < -0.3 is 9.05 Å². The van der Waals surface area contributed by atoms with Crippen molar-refractivity contribution in [3.05, 3.63) is 0 Å². The monoisotopic (exact) mass is 318 g/mol. The predicted molar refractivity (Wildman–Crippen MR) is 66.7 cm³/mol. The van der Waals surface area contributed by atoms with Crippen LogP contribution >= 0.6 is 35.3 Å².